The van der Waals surface area contributed by atoms with Gasteiger partial charge in [-0.15, -0.1) is 0 Å². The van der Waals surface area contributed by atoms with Crippen LogP contribution in [0, 0.1) is 0 Å². The van der Waals surface area contributed by atoms with E-state index in [1.165, 1.54) is 24.8 Å². The van der Waals surface area contributed by atoms with E-state index < -0.39 is 0 Å². The summed E-state index contributed by atoms with van der Waals surface area (Å²) in [6, 6.07) is 10.0. The SMILES string of the molecule is CC(C)(C)c1ccc(NC(=O)c2ccnc(NC3CCCCC3)n2)cc1. The second-order valence-electron chi connectivity index (χ2n) is 8.03. The topological polar surface area (TPSA) is 66.9 Å². The van der Waals surface area contributed by atoms with E-state index in [4.69, 9.17) is 0 Å². The summed E-state index contributed by atoms with van der Waals surface area (Å²) in [5, 5.41) is 6.27. The van der Waals surface area contributed by atoms with Gasteiger partial charge in [0.15, 0.2) is 0 Å². The highest BCUT2D eigenvalue weighted by molar-refractivity contribution is 6.02. The van der Waals surface area contributed by atoms with Gasteiger partial charge in [0.25, 0.3) is 5.91 Å². The van der Waals surface area contributed by atoms with E-state index in [0.29, 0.717) is 17.7 Å². The molecule has 138 valence electrons. The van der Waals surface area contributed by atoms with E-state index in [-0.39, 0.29) is 11.3 Å². The minimum Gasteiger partial charge on any atom is -0.351 e. The standard InChI is InChI=1S/C21H28N4O/c1-21(2,3)15-9-11-17(12-10-15)23-19(26)18-13-14-22-20(25-18)24-16-7-5-4-6-8-16/h9-14,16H,4-8H2,1-3H3,(H,23,26)(H,22,24,25). The number of benzene rings is 1. The molecule has 1 aromatic heterocycles. The number of nitrogens with one attached hydrogen (secondary N) is 2. The smallest absolute Gasteiger partial charge is 0.274 e. The Balaban J connectivity index is 1.65. The van der Waals surface area contributed by atoms with Gasteiger partial charge in [-0.1, -0.05) is 52.2 Å². The molecule has 0 atom stereocenters. The number of rotatable bonds is 4. The number of carbonyl (C=O) groups excluding carboxylic acids is 1. The summed E-state index contributed by atoms with van der Waals surface area (Å²) in [7, 11) is 0. The summed E-state index contributed by atoms with van der Waals surface area (Å²) < 4.78 is 0. The fraction of sp³-hybridized carbons (Fsp3) is 0.476. The molecule has 2 N–H and O–H groups in total. The summed E-state index contributed by atoms with van der Waals surface area (Å²) in [6.45, 7) is 6.51. The van der Waals surface area contributed by atoms with Crippen LogP contribution in [-0.2, 0) is 5.41 Å². The molecule has 1 fully saturated rings. The first-order valence-electron chi connectivity index (χ1n) is 9.43. The second-order valence-corrected chi connectivity index (χ2v) is 8.03. The maximum absolute atomic E-state index is 12.5. The van der Waals surface area contributed by atoms with Gasteiger partial charge in [-0.25, -0.2) is 9.97 Å². The first-order valence-corrected chi connectivity index (χ1v) is 9.43. The maximum Gasteiger partial charge on any atom is 0.274 e. The van der Waals surface area contributed by atoms with Crippen LogP contribution in [0.2, 0.25) is 0 Å². The normalized spacial score (nSPS) is 15.5. The summed E-state index contributed by atoms with van der Waals surface area (Å²) in [5.41, 5.74) is 2.47. The first-order chi connectivity index (χ1) is 12.4. The number of carbonyl (C=O) groups is 1. The van der Waals surface area contributed by atoms with Gasteiger partial charge in [0.1, 0.15) is 5.69 Å². The highest BCUT2D eigenvalue weighted by Crippen LogP contribution is 2.24. The van der Waals surface area contributed by atoms with E-state index in [1.54, 1.807) is 12.3 Å². The van der Waals surface area contributed by atoms with Crippen molar-refractivity contribution in [3.05, 3.63) is 47.8 Å². The Hall–Kier alpha value is -2.43. The molecule has 0 spiro atoms. The van der Waals surface area contributed by atoms with Gasteiger partial charge >= 0.3 is 0 Å². The number of aromatic nitrogens is 2. The van der Waals surface area contributed by atoms with Crippen LogP contribution in [0.15, 0.2) is 36.5 Å². The molecule has 0 radical (unpaired) electrons. The largest absolute Gasteiger partial charge is 0.351 e. The zero-order chi connectivity index (χ0) is 18.6. The van der Waals surface area contributed by atoms with Gasteiger partial charge in [0, 0.05) is 17.9 Å². The second kappa shape index (κ2) is 7.85. The lowest BCUT2D eigenvalue weighted by Crippen LogP contribution is -2.24. The quantitative estimate of drug-likeness (QED) is 0.832. The average Bonchev–Trinajstić information content (AvgIpc) is 2.62. The molecule has 1 amide bonds. The number of hydrogen-bond acceptors (Lipinski definition) is 4. The minimum absolute atomic E-state index is 0.0921. The van der Waals surface area contributed by atoms with E-state index >= 15 is 0 Å². The van der Waals surface area contributed by atoms with Gasteiger partial charge in [-0.2, -0.15) is 0 Å². The third kappa shape index (κ3) is 4.81. The summed E-state index contributed by atoms with van der Waals surface area (Å²) in [6.07, 6.45) is 7.69. The predicted octanol–water partition coefficient (Wildman–Crippen LogP) is 4.77. The molecule has 3 rings (SSSR count). The Morgan fingerprint density at radius 2 is 1.73 bits per heavy atom. The molecule has 1 saturated carbocycles. The lowest BCUT2D eigenvalue weighted by Gasteiger charge is -2.22. The summed E-state index contributed by atoms with van der Waals surface area (Å²) >= 11 is 0. The Morgan fingerprint density at radius 1 is 1.04 bits per heavy atom. The molecule has 0 bridgehead atoms. The van der Waals surface area contributed by atoms with E-state index in [1.807, 2.05) is 24.3 Å². The average molecular weight is 352 g/mol. The number of amides is 1. The van der Waals surface area contributed by atoms with Crippen LogP contribution < -0.4 is 10.6 Å². The van der Waals surface area contributed by atoms with Crippen molar-refractivity contribution in [2.24, 2.45) is 0 Å². The highest BCUT2D eigenvalue weighted by Gasteiger charge is 2.16. The molecule has 1 aromatic carbocycles. The fourth-order valence-electron chi connectivity index (χ4n) is 3.23. The van der Waals surface area contributed by atoms with Gasteiger partial charge < -0.3 is 10.6 Å². The molecule has 5 heteroatoms. The Kier molecular flexibility index (Phi) is 5.55. The lowest BCUT2D eigenvalue weighted by molar-refractivity contribution is 0.102. The highest BCUT2D eigenvalue weighted by atomic mass is 16.1. The van der Waals surface area contributed by atoms with Crippen LogP contribution in [0.5, 0.6) is 0 Å². The molecule has 0 unspecified atom stereocenters. The van der Waals surface area contributed by atoms with Crippen molar-refractivity contribution in [1.29, 1.82) is 0 Å². The zero-order valence-corrected chi connectivity index (χ0v) is 15.9. The van der Waals surface area contributed by atoms with Gasteiger partial charge in [-0.3, -0.25) is 4.79 Å². The van der Waals surface area contributed by atoms with Crippen LogP contribution in [-0.4, -0.2) is 21.9 Å². The van der Waals surface area contributed by atoms with Crippen molar-refractivity contribution in [2.45, 2.75) is 64.3 Å². The Labute approximate surface area is 155 Å². The molecule has 5 nitrogen and oxygen atoms in total. The van der Waals surface area contributed by atoms with Crippen molar-refractivity contribution in [2.75, 3.05) is 10.6 Å². The van der Waals surface area contributed by atoms with E-state index in [2.05, 4.69) is 41.4 Å². The molecule has 0 aliphatic heterocycles. The molecule has 26 heavy (non-hydrogen) atoms. The van der Waals surface area contributed by atoms with Gasteiger partial charge in [0.2, 0.25) is 5.95 Å². The third-order valence-electron chi connectivity index (χ3n) is 4.84. The summed E-state index contributed by atoms with van der Waals surface area (Å²) in [5.74, 6) is 0.315. The van der Waals surface area contributed by atoms with Crippen LogP contribution in [0.1, 0.15) is 68.9 Å². The van der Waals surface area contributed by atoms with Crippen molar-refractivity contribution in [3.8, 4) is 0 Å². The monoisotopic (exact) mass is 352 g/mol. The third-order valence-corrected chi connectivity index (χ3v) is 4.84. The van der Waals surface area contributed by atoms with Gasteiger partial charge in [0.05, 0.1) is 0 Å². The molecule has 1 heterocycles. The van der Waals surface area contributed by atoms with Gasteiger partial charge in [-0.05, 0) is 42.0 Å². The molecular weight excluding hydrogens is 324 g/mol. The van der Waals surface area contributed by atoms with E-state index in [0.717, 1.165) is 18.5 Å². The van der Waals surface area contributed by atoms with E-state index in [9.17, 15) is 4.79 Å². The van der Waals surface area contributed by atoms with Crippen LogP contribution in [0.4, 0.5) is 11.6 Å². The molecule has 2 aromatic rings. The van der Waals surface area contributed by atoms with Crippen molar-refractivity contribution in [3.63, 3.8) is 0 Å². The first kappa shape index (κ1) is 18.4. The fourth-order valence-corrected chi connectivity index (χ4v) is 3.23. The number of nitrogens with zero attached hydrogens (tertiary/aromatic N) is 2. The van der Waals surface area contributed by atoms with Crippen LogP contribution in [0.25, 0.3) is 0 Å². The predicted molar refractivity (Wildman–Crippen MR) is 106 cm³/mol. The zero-order valence-electron chi connectivity index (χ0n) is 15.9. The van der Waals surface area contributed by atoms with Crippen LogP contribution in [0.3, 0.4) is 0 Å². The molecular formula is C21H28N4O. The molecule has 1 aliphatic carbocycles. The Morgan fingerprint density at radius 3 is 2.38 bits per heavy atom. The van der Waals surface area contributed by atoms with Crippen molar-refractivity contribution >= 4 is 17.5 Å². The molecule has 0 saturated heterocycles. The number of anilines is 2. The van der Waals surface area contributed by atoms with Crippen molar-refractivity contribution < 1.29 is 4.79 Å². The lowest BCUT2D eigenvalue weighted by atomic mass is 9.87. The van der Waals surface area contributed by atoms with Crippen molar-refractivity contribution in [1.82, 2.24) is 9.97 Å². The minimum atomic E-state index is -0.220. The van der Waals surface area contributed by atoms with Crippen LogP contribution >= 0.6 is 0 Å². The maximum atomic E-state index is 12.5. The summed E-state index contributed by atoms with van der Waals surface area (Å²) in [4.78, 5) is 21.2. The Bertz CT molecular complexity index is 743. The molecule has 1 aliphatic rings. The number of hydrogen-bond donors (Lipinski definition) is 2.